The normalized spacial score (nSPS) is 16.6. The zero-order valence-corrected chi connectivity index (χ0v) is 15.4. The lowest BCUT2D eigenvalue weighted by Gasteiger charge is -2.33. The summed E-state index contributed by atoms with van der Waals surface area (Å²) >= 11 is 5.27. The van der Waals surface area contributed by atoms with Crippen LogP contribution in [0.25, 0.3) is 0 Å². The van der Waals surface area contributed by atoms with Gasteiger partial charge in [-0.2, -0.15) is 14.7 Å². The standard InChI is InChI=1S/C15H18N6O2S2/c1-18-11-17-21(15(18)24)12-19-6-8-20(9-7-19)25(22,23)14-4-2-13(10-16)3-5-14/h2-5,11H,6-9,12H2,1H3. The third-order valence-electron chi connectivity index (χ3n) is 4.17. The lowest BCUT2D eigenvalue weighted by atomic mass is 10.2. The third-order valence-corrected chi connectivity index (χ3v) is 6.58. The molecule has 0 saturated carbocycles. The van der Waals surface area contributed by atoms with Crippen molar-refractivity contribution in [1.29, 1.82) is 5.26 Å². The molecule has 0 unspecified atom stereocenters. The number of nitriles is 1. The summed E-state index contributed by atoms with van der Waals surface area (Å²) in [6, 6.07) is 7.99. The summed E-state index contributed by atoms with van der Waals surface area (Å²) < 4.78 is 31.0. The molecule has 2 aromatic rings. The molecule has 132 valence electrons. The van der Waals surface area contributed by atoms with Gasteiger partial charge in [0.25, 0.3) is 0 Å². The minimum Gasteiger partial charge on any atom is -0.310 e. The zero-order valence-electron chi connectivity index (χ0n) is 13.7. The van der Waals surface area contributed by atoms with Crippen LogP contribution in [0.5, 0.6) is 0 Å². The molecule has 1 fully saturated rings. The molecule has 1 saturated heterocycles. The van der Waals surface area contributed by atoms with Crippen molar-refractivity contribution in [3.8, 4) is 6.07 Å². The molecule has 0 atom stereocenters. The van der Waals surface area contributed by atoms with Crippen LogP contribution in [0.3, 0.4) is 0 Å². The van der Waals surface area contributed by atoms with Crippen molar-refractivity contribution in [2.45, 2.75) is 11.6 Å². The Hall–Kier alpha value is -2.06. The fraction of sp³-hybridized carbons (Fsp3) is 0.400. The minimum atomic E-state index is -3.54. The summed E-state index contributed by atoms with van der Waals surface area (Å²) in [5.74, 6) is 0. The fourth-order valence-electron chi connectivity index (χ4n) is 2.67. The minimum absolute atomic E-state index is 0.215. The zero-order chi connectivity index (χ0) is 18.0. The Morgan fingerprint density at radius 2 is 1.84 bits per heavy atom. The molecular formula is C15H18N6O2S2. The highest BCUT2D eigenvalue weighted by atomic mass is 32.2. The van der Waals surface area contributed by atoms with Gasteiger partial charge < -0.3 is 4.57 Å². The van der Waals surface area contributed by atoms with E-state index in [0.29, 0.717) is 43.2 Å². The van der Waals surface area contributed by atoms with Crippen LogP contribution in [0, 0.1) is 16.1 Å². The van der Waals surface area contributed by atoms with E-state index in [1.807, 2.05) is 13.1 Å². The maximum atomic E-state index is 12.7. The third kappa shape index (κ3) is 3.64. The van der Waals surface area contributed by atoms with Crippen LogP contribution in [0.1, 0.15) is 5.56 Å². The van der Waals surface area contributed by atoms with Crippen molar-refractivity contribution in [2.24, 2.45) is 7.05 Å². The van der Waals surface area contributed by atoms with E-state index in [2.05, 4.69) is 10.00 Å². The first kappa shape index (κ1) is 17.8. The molecule has 0 bridgehead atoms. The molecule has 25 heavy (non-hydrogen) atoms. The summed E-state index contributed by atoms with van der Waals surface area (Å²) in [6.07, 6.45) is 1.66. The van der Waals surface area contributed by atoms with Gasteiger partial charge in [0.1, 0.15) is 6.33 Å². The molecule has 1 aliphatic heterocycles. The van der Waals surface area contributed by atoms with Crippen molar-refractivity contribution in [3.05, 3.63) is 40.9 Å². The monoisotopic (exact) mass is 378 g/mol. The Balaban J connectivity index is 1.65. The molecule has 1 aromatic heterocycles. The molecular weight excluding hydrogens is 360 g/mol. The number of benzene rings is 1. The molecule has 0 spiro atoms. The molecule has 0 N–H and O–H groups in total. The first-order valence-electron chi connectivity index (χ1n) is 7.73. The summed E-state index contributed by atoms with van der Waals surface area (Å²) in [6.45, 7) is 2.57. The molecule has 10 heteroatoms. The molecule has 0 radical (unpaired) electrons. The van der Waals surface area contributed by atoms with E-state index in [-0.39, 0.29) is 4.90 Å². The van der Waals surface area contributed by atoms with Gasteiger partial charge in [0.15, 0.2) is 4.77 Å². The van der Waals surface area contributed by atoms with Crippen molar-refractivity contribution >= 4 is 22.2 Å². The predicted octanol–water partition coefficient (Wildman–Crippen LogP) is 0.787. The molecule has 8 nitrogen and oxygen atoms in total. The van der Waals surface area contributed by atoms with Crippen molar-refractivity contribution in [3.63, 3.8) is 0 Å². The summed E-state index contributed by atoms with van der Waals surface area (Å²) in [4.78, 5) is 2.33. The highest BCUT2D eigenvalue weighted by molar-refractivity contribution is 7.89. The Morgan fingerprint density at radius 3 is 2.36 bits per heavy atom. The number of piperazine rings is 1. The van der Waals surface area contributed by atoms with Crippen molar-refractivity contribution in [1.82, 2.24) is 23.6 Å². The van der Waals surface area contributed by atoms with Gasteiger partial charge in [-0.3, -0.25) is 4.90 Å². The van der Waals surface area contributed by atoms with E-state index in [0.717, 1.165) is 0 Å². The second-order valence-corrected chi connectivity index (χ2v) is 8.13. The van der Waals surface area contributed by atoms with Gasteiger partial charge in [-0.15, -0.1) is 0 Å². The van der Waals surface area contributed by atoms with Crippen LogP contribution in [0.2, 0.25) is 0 Å². The average Bonchev–Trinajstić information content (AvgIpc) is 2.94. The molecule has 3 rings (SSSR count). The van der Waals surface area contributed by atoms with E-state index in [4.69, 9.17) is 17.5 Å². The van der Waals surface area contributed by atoms with Crippen LogP contribution >= 0.6 is 12.2 Å². The summed E-state index contributed by atoms with van der Waals surface area (Å²) in [5.41, 5.74) is 0.441. The van der Waals surface area contributed by atoms with Gasteiger partial charge in [0.2, 0.25) is 10.0 Å². The highest BCUT2D eigenvalue weighted by Gasteiger charge is 2.28. The van der Waals surface area contributed by atoms with Crippen LogP contribution in [0.4, 0.5) is 0 Å². The molecule has 2 heterocycles. The molecule has 0 amide bonds. The van der Waals surface area contributed by atoms with Crippen LogP contribution in [-0.4, -0.2) is 58.1 Å². The topological polar surface area (TPSA) is 87.2 Å². The quantitative estimate of drug-likeness (QED) is 0.731. The number of sulfonamides is 1. The fourth-order valence-corrected chi connectivity index (χ4v) is 4.24. The maximum absolute atomic E-state index is 12.7. The number of aromatic nitrogens is 3. The van der Waals surface area contributed by atoms with E-state index < -0.39 is 10.0 Å². The van der Waals surface area contributed by atoms with Gasteiger partial charge in [-0.25, -0.2) is 13.1 Å². The Labute approximate surface area is 151 Å². The second-order valence-electron chi connectivity index (χ2n) is 5.82. The van der Waals surface area contributed by atoms with Crippen molar-refractivity contribution in [2.75, 3.05) is 26.2 Å². The molecule has 0 aliphatic carbocycles. The lowest BCUT2D eigenvalue weighted by molar-refractivity contribution is 0.144. The molecule has 1 aromatic carbocycles. The van der Waals surface area contributed by atoms with Gasteiger partial charge in [-0.1, -0.05) is 0 Å². The van der Waals surface area contributed by atoms with E-state index in [1.165, 1.54) is 28.6 Å². The number of rotatable bonds is 4. The number of hydrogen-bond donors (Lipinski definition) is 0. The van der Waals surface area contributed by atoms with Crippen LogP contribution in [0.15, 0.2) is 35.5 Å². The smallest absolute Gasteiger partial charge is 0.243 e. The Morgan fingerprint density at radius 1 is 1.20 bits per heavy atom. The SMILES string of the molecule is Cn1cnn(CN2CCN(S(=O)(=O)c3ccc(C#N)cc3)CC2)c1=S. The lowest BCUT2D eigenvalue weighted by Crippen LogP contribution is -2.48. The summed E-state index contributed by atoms with van der Waals surface area (Å²) in [5, 5.41) is 13.0. The number of nitrogens with zero attached hydrogens (tertiary/aromatic N) is 6. The first-order valence-corrected chi connectivity index (χ1v) is 9.58. The van der Waals surface area contributed by atoms with Crippen LogP contribution in [-0.2, 0) is 23.7 Å². The Bertz CT molecular complexity index is 947. The van der Waals surface area contributed by atoms with E-state index in [1.54, 1.807) is 15.6 Å². The van der Waals surface area contributed by atoms with Gasteiger partial charge >= 0.3 is 0 Å². The van der Waals surface area contributed by atoms with Gasteiger partial charge in [0.05, 0.1) is 23.2 Å². The van der Waals surface area contributed by atoms with Crippen molar-refractivity contribution < 1.29 is 8.42 Å². The maximum Gasteiger partial charge on any atom is 0.243 e. The number of aryl methyl sites for hydroxylation is 1. The second kappa shape index (κ2) is 7.05. The van der Waals surface area contributed by atoms with Gasteiger partial charge in [0, 0.05) is 33.2 Å². The average molecular weight is 378 g/mol. The Kier molecular flexibility index (Phi) is 5.01. The van der Waals surface area contributed by atoms with E-state index in [9.17, 15) is 8.42 Å². The predicted molar refractivity (Wildman–Crippen MR) is 93.5 cm³/mol. The van der Waals surface area contributed by atoms with Gasteiger partial charge in [-0.05, 0) is 36.5 Å². The highest BCUT2D eigenvalue weighted by Crippen LogP contribution is 2.18. The number of hydrogen-bond acceptors (Lipinski definition) is 6. The largest absolute Gasteiger partial charge is 0.310 e. The van der Waals surface area contributed by atoms with E-state index >= 15 is 0 Å². The summed E-state index contributed by atoms with van der Waals surface area (Å²) in [7, 11) is -1.70. The molecule has 1 aliphatic rings. The van der Waals surface area contributed by atoms with Crippen LogP contribution < -0.4 is 0 Å². The first-order chi connectivity index (χ1) is 11.9.